The Balaban J connectivity index is 2.54. The first kappa shape index (κ1) is 20.3. The molecule has 0 aromatic heterocycles. The molecular formula is C20H24F3NO2. The molecule has 3 nitrogen and oxygen atoms in total. The molecule has 26 heavy (non-hydrogen) atoms. The monoisotopic (exact) mass is 367 g/mol. The second-order valence-corrected chi connectivity index (χ2v) is 6.64. The topological polar surface area (TPSA) is 32.7 Å². The first-order valence-corrected chi connectivity index (χ1v) is 8.30. The van der Waals surface area contributed by atoms with Gasteiger partial charge in [0.15, 0.2) is 5.60 Å². The van der Waals surface area contributed by atoms with Crippen LogP contribution in [0.15, 0.2) is 54.6 Å². The summed E-state index contributed by atoms with van der Waals surface area (Å²) in [4.78, 5) is 1.66. The first-order valence-electron chi connectivity index (χ1n) is 8.30. The fourth-order valence-electron chi connectivity index (χ4n) is 3.17. The molecule has 0 fully saturated rings. The summed E-state index contributed by atoms with van der Waals surface area (Å²) in [6.07, 6.45) is -4.75. The number of aliphatic hydroxyl groups is 1. The highest BCUT2D eigenvalue weighted by atomic mass is 19.4. The van der Waals surface area contributed by atoms with Gasteiger partial charge in [0.1, 0.15) is 5.75 Å². The summed E-state index contributed by atoms with van der Waals surface area (Å²) in [5.41, 5.74) is -2.47. The average molecular weight is 367 g/mol. The predicted molar refractivity (Wildman–Crippen MR) is 95.1 cm³/mol. The number of halogens is 3. The number of ether oxygens (including phenoxy) is 1. The van der Waals surface area contributed by atoms with Gasteiger partial charge >= 0.3 is 6.18 Å². The summed E-state index contributed by atoms with van der Waals surface area (Å²) in [6, 6.07) is 14.5. The number of hydrogen-bond donors (Lipinski definition) is 1. The highest BCUT2D eigenvalue weighted by Gasteiger charge is 2.59. The number of alkyl halides is 3. The van der Waals surface area contributed by atoms with Gasteiger partial charge in [-0.25, -0.2) is 0 Å². The molecule has 1 N–H and O–H groups in total. The zero-order valence-electron chi connectivity index (χ0n) is 15.1. The van der Waals surface area contributed by atoms with Crippen LogP contribution in [0.4, 0.5) is 13.2 Å². The van der Waals surface area contributed by atoms with Crippen molar-refractivity contribution in [3.8, 4) is 5.75 Å². The van der Waals surface area contributed by atoms with Gasteiger partial charge in [-0.05, 0) is 43.8 Å². The smallest absolute Gasteiger partial charge is 0.421 e. The van der Waals surface area contributed by atoms with Crippen LogP contribution in [0.5, 0.6) is 5.75 Å². The molecule has 0 aliphatic rings. The van der Waals surface area contributed by atoms with Crippen molar-refractivity contribution in [2.75, 3.05) is 27.7 Å². The minimum absolute atomic E-state index is 0.0715. The summed E-state index contributed by atoms with van der Waals surface area (Å²) in [5.74, 6) is -0.819. The molecule has 0 radical (unpaired) electrons. The van der Waals surface area contributed by atoms with Crippen molar-refractivity contribution in [1.29, 1.82) is 0 Å². The SMILES string of the molecule is COc1cccc([C@@](O)([C@@H](Cc2ccccc2)CN(C)C)C(F)(F)F)c1. The van der Waals surface area contributed by atoms with Crippen LogP contribution in [0.2, 0.25) is 0 Å². The summed E-state index contributed by atoms with van der Waals surface area (Å²) in [7, 11) is 4.77. The molecule has 142 valence electrons. The van der Waals surface area contributed by atoms with Crippen molar-refractivity contribution >= 4 is 0 Å². The summed E-state index contributed by atoms with van der Waals surface area (Å²) in [5, 5.41) is 11.0. The fourth-order valence-corrected chi connectivity index (χ4v) is 3.17. The minimum Gasteiger partial charge on any atom is -0.497 e. The van der Waals surface area contributed by atoms with Crippen molar-refractivity contribution < 1.29 is 23.0 Å². The van der Waals surface area contributed by atoms with Crippen molar-refractivity contribution in [3.63, 3.8) is 0 Å². The Labute approximate surface area is 152 Å². The molecule has 0 saturated carbocycles. The molecule has 6 heteroatoms. The molecule has 0 aliphatic carbocycles. The molecule has 0 unspecified atom stereocenters. The molecule has 0 heterocycles. The zero-order chi connectivity index (χ0) is 19.4. The second-order valence-electron chi connectivity index (χ2n) is 6.64. The van der Waals surface area contributed by atoms with E-state index in [0.29, 0.717) is 0 Å². The summed E-state index contributed by atoms with van der Waals surface area (Å²) in [6.45, 7) is 0.0715. The highest BCUT2D eigenvalue weighted by Crippen LogP contribution is 2.46. The van der Waals surface area contributed by atoms with Crippen LogP contribution < -0.4 is 4.74 Å². The molecule has 2 atom stereocenters. The van der Waals surface area contributed by atoms with Gasteiger partial charge in [0, 0.05) is 12.5 Å². The minimum atomic E-state index is -4.84. The quantitative estimate of drug-likeness (QED) is 0.807. The van der Waals surface area contributed by atoms with Gasteiger partial charge in [-0.2, -0.15) is 13.2 Å². The van der Waals surface area contributed by atoms with E-state index in [1.807, 2.05) is 6.07 Å². The second kappa shape index (κ2) is 8.10. The molecule has 2 aromatic carbocycles. The third-order valence-electron chi connectivity index (χ3n) is 4.44. The van der Waals surface area contributed by atoms with Crippen LogP contribution in [0.25, 0.3) is 0 Å². The van der Waals surface area contributed by atoms with Gasteiger partial charge in [0.05, 0.1) is 7.11 Å². The molecule has 0 amide bonds. The van der Waals surface area contributed by atoms with Gasteiger partial charge < -0.3 is 14.7 Å². The number of rotatable bonds is 7. The standard InChI is InChI=1S/C20H24F3NO2/c1-24(2)14-17(12-15-8-5-4-6-9-15)19(25,20(21,22)23)16-10-7-11-18(13-16)26-3/h4-11,13,17,25H,12,14H2,1-3H3/t17-,19+/m0/s1. The van der Waals surface area contributed by atoms with Crippen molar-refractivity contribution in [2.45, 2.75) is 18.2 Å². The maximum absolute atomic E-state index is 14.1. The average Bonchev–Trinajstić information content (AvgIpc) is 2.60. The van der Waals surface area contributed by atoms with Gasteiger partial charge in [-0.1, -0.05) is 42.5 Å². The lowest BCUT2D eigenvalue weighted by molar-refractivity contribution is -0.288. The van der Waals surface area contributed by atoms with E-state index in [-0.39, 0.29) is 24.3 Å². The van der Waals surface area contributed by atoms with E-state index in [1.54, 1.807) is 49.3 Å². The Bertz CT molecular complexity index is 704. The lowest BCUT2D eigenvalue weighted by Crippen LogP contribution is -2.52. The van der Waals surface area contributed by atoms with Gasteiger partial charge in [-0.3, -0.25) is 0 Å². The Morgan fingerprint density at radius 2 is 1.69 bits per heavy atom. The maximum atomic E-state index is 14.1. The first-order chi connectivity index (χ1) is 12.2. The van der Waals surface area contributed by atoms with Crippen LogP contribution in [0.1, 0.15) is 11.1 Å². The van der Waals surface area contributed by atoms with Crippen molar-refractivity contribution in [1.82, 2.24) is 4.90 Å². The van der Waals surface area contributed by atoms with Crippen LogP contribution >= 0.6 is 0 Å². The normalized spacial score (nSPS) is 15.5. The number of hydrogen-bond acceptors (Lipinski definition) is 3. The highest BCUT2D eigenvalue weighted by molar-refractivity contribution is 5.34. The van der Waals surface area contributed by atoms with E-state index >= 15 is 0 Å². The van der Waals surface area contributed by atoms with Gasteiger partial charge in [0.25, 0.3) is 0 Å². The van der Waals surface area contributed by atoms with Crippen LogP contribution in [-0.4, -0.2) is 43.9 Å². The number of benzene rings is 2. The third kappa shape index (κ3) is 4.37. The van der Waals surface area contributed by atoms with Gasteiger partial charge in [-0.15, -0.1) is 0 Å². The largest absolute Gasteiger partial charge is 0.497 e. The van der Waals surface area contributed by atoms with Crippen molar-refractivity contribution in [2.24, 2.45) is 5.92 Å². The molecule has 0 aliphatic heterocycles. The molecular weight excluding hydrogens is 343 g/mol. The van der Waals surface area contributed by atoms with Crippen LogP contribution in [0.3, 0.4) is 0 Å². The van der Waals surface area contributed by atoms with E-state index in [0.717, 1.165) is 5.56 Å². The predicted octanol–water partition coefficient (Wildman–Crippen LogP) is 3.87. The van der Waals surface area contributed by atoms with E-state index in [2.05, 4.69) is 0 Å². The van der Waals surface area contributed by atoms with Crippen LogP contribution in [0, 0.1) is 5.92 Å². The van der Waals surface area contributed by atoms with Crippen molar-refractivity contribution in [3.05, 3.63) is 65.7 Å². The third-order valence-corrected chi connectivity index (χ3v) is 4.44. The van der Waals surface area contributed by atoms with E-state index < -0.39 is 17.7 Å². The molecule has 2 aromatic rings. The van der Waals surface area contributed by atoms with E-state index in [9.17, 15) is 18.3 Å². The summed E-state index contributed by atoms with van der Waals surface area (Å²) >= 11 is 0. The molecule has 0 bridgehead atoms. The fraction of sp³-hybridized carbons (Fsp3) is 0.400. The zero-order valence-corrected chi connectivity index (χ0v) is 15.1. The number of nitrogens with zero attached hydrogens (tertiary/aromatic N) is 1. The lowest BCUT2D eigenvalue weighted by atomic mass is 9.77. The summed E-state index contributed by atoms with van der Waals surface area (Å²) < 4.78 is 47.4. The Morgan fingerprint density at radius 3 is 2.23 bits per heavy atom. The number of methoxy groups -OCH3 is 1. The van der Waals surface area contributed by atoms with Gasteiger partial charge in [0.2, 0.25) is 0 Å². The van der Waals surface area contributed by atoms with Crippen LogP contribution in [-0.2, 0) is 12.0 Å². The maximum Gasteiger partial charge on any atom is 0.421 e. The Kier molecular flexibility index (Phi) is 6.31. The molecule has 0 spiro atoms. The van der Waals surface area contributed by atoms with E-state index in [4.69, 9.17) is 4.74 Å². The molecule has 2 rings (SSSR count). The Morgan fingerprint density at radius 1 is 1.04 bits per heavy atom. The molecule has 0 saturated heterocycles. The lowest BCUT2D eigenvalue weighted by Gasteiger charge is -2.39. The van der Waals surface area contributed by atoms with E-state index in [1.165, 1.54) is 25.3 Å². The Hall–Kier alpha value is -2.05.